The van der Waals surface area contributed by atoms with Gasteiger partial charge in [0.25, 0.3) is 0 Å². The molecule has 1 unspecified atom stereocenters. The molecule has 1 aliphatic carbocycles. The molecule has 4 nitrogen and oxygen atoms in total. The van der Waals surface area contributed by atoms with Crippen molar-refractivity contribution in [2.75, 3.05) is 39.6 Å². The summed E-state index contributed by atoms with van der Waals surface area (Å²) >= 11 is 0. The molecule has 0 spiro atoms. The average molecular weight is 533 g/mol. The minimum absolute atomic E-state index is 0.0273. The van der Waals surface area contributed by atoms with Crippen molar-refractivity contribution in [2.45, 2.75) is 90.4 Å². The second-order valence-electron chi connectivity index (χ2n) is 10.2. The molecule has 38 heavy (non-hydrogen) atoms. The van der Waals surface area contributed by atoms with Gasteiger partial charge < -0.3 is 18.9 Å². The minimum Gasteiger partial charge on any atom is -0.494 e. The predicted molar refractivity (Wildman–Crippen MR) is 148 cm³/mol. The number of aryl methyl sites for hydroxylation is 1. The molecule has 0 radical (unpaired) electrons. The molecule has 1 aliphatic rings. The van der Waals surface area contributed by atoms with Crippen molar-refractivity contribution in [3.05, 3.63) is 58.7 Å². The van der Waals surface area contributed by atoms with Crippen molar-refractivity contribution in [3.8, 4) is 11.5 Å². The lowest BCUT2D eigenvalue weighted by molar-refractivity contribution is 0.116. The van der Waals surface area contributed by atoms with Crippen molar-refractivity contribution in [2.24, 2.45) is 0 Å². The maximum Gasteiger partial charge on any atom is 0.200 e. The fourth-order valence-electron chi connectivity index (χ4n) is 4.78. The van der Waals surface area contributed by atoms with E-state index in [1.165, 1.54) is 12.8 Å². The van der Waals surface area contributed by atoms with Gasteiger partial charge in [-0.2, -0.15) is 4.39 Å². The van der Waals surface area contributed by atoms with Crippen LogP contribution in [0.4, 0.5) is 8.78 Å². The van der Waals surface area contributed by atoms with Crippen molar-refractivity contribution in [1.29, 1.82) is 0 Å². The smallest absolute Gasteiger partial charge is 0.200 e. The van der Waals surface area contributed by atoms with Crippen LogP contribution in [0.5, 0.6) is 11.5 Å². The summed E-state index contributed by atoms with van der Waals surface area (Å²) in [5.74, 6) is -0.632. The Morgan fingerprint density at radius 1 is 0.711 bits per heavy atom. The van der Waals surface area contributed by atoms with E-state index in [4.69, 9.17) is 18.9 Å². The van der Waals surface area contributed by atoms with E-state index in [1.54, 1.807) is 6.07 Å². The summed E-state index contributed by atoms with van der Waals surface area (Å²) < 4.78 is 52.4. The number of fused-ring (bicyclic) bond motifs is 1. The minimum atomic E-state index is -0.873. The Morgan fingerprint density at radius 3 is 2.08 bits per heavy atom. The highest BCUT2D eigenvalue weighted by Crippen LogP contribution is 2.38. The number of benzene rings is 2. The summed E-state index contributed by atoms with van der Waals surface area (Å²) in [7, 11) is 0. The van der Waals surface area contributed by atoms with E-state index in [0.717, 1.165) is 75.0 Å². The van der Waals surface area contributed by atoms with E-state index >= 15 is 4.39 Å². The summed E-state index contributed by atoms with van der Waals surface area (Å²) in [6.07, 6.45) is 10.2. The molecule has 2 aromatic rings. The Bertz CT molecular complexity index is 932. The van der Waals surface area contributed by atoms with Crippen LogP contribution in [0, 0.1) is 11.6 Å². The van der Waals surface area contributed by atoms with Crippen LogP contribution in [-0.2, 0) is 22.3 Å². The number of unbranched alkanes of at least 4 members (excludes halogenated alkanes) is 4. The van der Waals surface area contributed by atoms with Gasteiger partial charge in [0.05, 0.1) is 13.2 Å². The van der Waals surface area contributed by atoms with E-state index in [9.17, 15) is 4.39 Å². The van der Waals surface area contributed by atoms with Gasteiger partial charge in [-0.25, -0.2) is 4.39 Å². The van der Waals surface area contributed by atoms with Crippen molar-refractivity contribution in [3.63, 3.8) is 0 Å². The lowest BCUT2D eigenvalue weighted by Gasteiger charge is -2.26. The van der Waals surface area contributed by atoms with Crippen LogP contribution in [0.15, 0.2) is 30.3 Å². The highest BCUT2D eigenvalue weighted by molar-refractivity contribution is 5.42. The molecule has 0 aromatic heterocycles. The van der Waals surface area contributed by atoms with Crippen molar-refractivity contribution < 1.29 is 27.7 Å². The molecule has 0 heterocycles. The van der Waals surface area contributed by atoms with E-state index < -0.39 is 11.6 Å². The molecule has 0 amide bonds. The van der Waals surface area contributed by atoms with Crippen molar-refractivity contribution >= 4 is 0 Å². The third-order valence-corrected chi connectivity index (χ3v) is 7.11. The molecule has 0 saturated carbocycles. The fraction of sp³-hybridized carbons (Fsp3) is 0.625. The number of ether oxygens (including phenoxy) is 4. The SMILES string of the molecule is CCCCCOCCCOc1ccc(C2CCc3cc(OCCCCOCCCC)c(F)c(F)c3C2)cc1. The first-order valence-corrected chi connectivity index (χ1v) is 14.6. The molecule has 0 N–H and O–H groups in total. The largest absolute Gasteiger partial charge is 0.494 e. The monoisotopic (exact) mass is 532 g/mol. The van der Waals surface area contributed by atoms with Crippen LogP contribution in [0.1, 0.15) is 94.2 Å². The summed E-state index contributed by atoms with van der Waals surface area (Å²) in [4.78, 5) is 0. The standard InChI is InChI=1S/C32H46F2O4/c1-3-5-7-18-36-20-10-22-37-28-15-13-25(14-16-28)26-11-12-27-24-30(32(34)31(33)29(27)23-26)38-21-9-8-19-35-17-6-4-2/h13-16,24,26H,3-12,17-23H2,1-2H3. The summed E-state index contributed by atoms with van der Waals surface area (Å²) in [6, 6.07) is 9.73. The molecular weight excluding hydrogens is 486 g/mol. The van der Waals surface area contributed by atoms with Crippen LogP contribution in [0.2, 0.25) is 0 Å². The number of halogens is 2. The predicted octanol–water partition coefficient (Wildman–Crippen LogP) is 8.19. The van der Waals surface area contributed by atoms with Gasteiger partial charge >= 0.3 is 0 Å². The van der Waals surface area contributed by atoms with Crippen molar-refractivity contribution in [1.82, 2.24) is 0 Å². The molecule has 1 atom stereocenters. The number of hydrogen-bond donors (Lipinski definition) is 0. The molecule has 2 aromatic carbocycles. The molecule has 3 rings (SSSR count). The number of rotatable bonds is 19. The van der Waals surface area contributed by atoms with Crippen LogP contribution in [0.3, 0.4) is 0 Å². The lowest BCUT2D eigenvalue weighted by atomic mass is 9.80. The van der Waals surface area contributed by atoms with Gasteiger partial charge in [0.2, 0.25) is 5.82 Å². The average Bonchev–Trinajstić information content (AvgIpc) is 2.94. The van der Waals surface area contributed by atoms with E-state index in [1.807, 2.05) is 24.3 Å². The molecular formula is C32H46F2O4. The van der Waals surface area contributed by atoms with Gasteiger partial charge in [0.1, 0.15) is 5.75 Å². The van der Waals surface area contributed by atoms with E-state index in [0.29, 0.717) is 44.8 Å². The number of hydrogen-bond acceptors (Lipinski definition) is 4. The van der Waals surface area contributed by atoms with Gasteiger partial charge in [-0.1, -0.05) is 45.2 Å². The molecule has 6 heteroatoms. The first-order valence-electron chi connectivity index (χ1n) is 14.6. The Labute approximate surface area is 228 Å². The maximum absolute atomic E-state index is 15.0. The topological polar surface area (TPSA) is 36.9 Å². The zero-order valence-electron chi connectivity index (χ0n) is 23.4. The van der Waals surface area contributed by atoms with Crippen LogP contribution >= 0.6 is 0 Å². The second-order valence-corrected chi connectivity index (χ2v) is 10.2. The first kappa shape index (κ1) is 30.4. The molecule has 0 saturated heterocycles. The quantitative estimate of drug-likeness (QED) is 0.171. The van der Waals surface area contributed by atoms with Gasteiger partial charge in [-0.15, -0.1) is 0 Å². The van der Waals surface area contributed by atoms with Gasteiger partial charge in [-0.3, -0.25) is 0 Å². The maximum atomic E-state index is 15.0. The van der Waals surface area contributed by atoms with Gasteiger partial charge in [0.15, 0.2) is 11.6 Å². The fourth-order valence-corrected chi connectivity index (χ4v) is 4.78. The molecule has 0 aliphatic heterocycles. The highest BCUT2D eigenvalue weighted by Gasteiger charge is 2.27. The Balaban J connectivity index is 1.43. The first-order chi connectivity index (χ1) is 18.6. The Morgan fingerprint density at radius 2 is 1.34 bits per heavy atom. The Kier molecular flexibility index (Phi) is 13.9. The summed E-state index contributed by atoms with van der Waals surface area (Å²) in [6.45, 7) is 8.27. The van der Waals surface area contributed by atoms with Crippen LogP contribution in [-0.4, -0.2) is 39.6 Å². The zero-order chi connectivity index (χ0) is 27.0. The molecule has 212 valence electrons. The highest BCUT2D eigenvalue weighted by atomic mass is 19.2. The van der Waals surface area contributed by atoms with Gasteiger partial charge in [-0.05, 0) is 85.8 Å². The third-order valence-electron chi connectivity index (χ3n) is 7.11. The third kappa shape index (κ3) is 9.85. The van der Waals surface area contributed by atoms with Gasteiger partial charge in [0, 0.05) is 32.8 Å². The van der Waals surface area contributed by atoms with E-state index in [2.05, 4.69) is 13.8 Å². The molecule has 0 bridgehead atoms. The normalized spacial score (nSPS) is 14.9. The van der Waals surface area contributed by atoms with Crippen LogP contribution in [0.25, 0.3) is 0 Å². The Hall–Kier alpha value is -2.18. The molecule has 0 fully saturated rings. The van der Waals surface area contributed by atoms with Crippen LogP contribution < -0.4 is 9.47 Å². The lowest BCUT2D eigenvalue weighted by Crippen LogP contribution is -2.16. The summed E-state index contributed by atoms with van der Waals surface area (Å²) in [5, 5.41) is 0. The second kappa shape index (κ2) is 17.4. The zero-order valence-corrected chi connectivity index (χ0v) is 23.4. The summed E-state index contributed by atoms with van der Waals surface area (Å²) in [5.41, 5.74) is 2.47. The van der Waals surface area contributed by atoms with E-state index in [-0.39, 0.29) is 11.7 Å².